The Kier molecular flexibility index (Phi) is 2.92. The van der Waals surface area contributed by atoms with Gasteiger partial charge >= 0.3 is 0 Å². The van der Waals surface area contributed by atoms with E-state index in [9.17, 15) is 0 Å². The molecule has 2 rings (SSSR count). The molecule has 0 aromatic rings. The number of fused-ring (bicyclic) bond motifs is 1. The van der Waals surface area contributed by atoms with Gasteiger partial charge in [-0.25, -0.2) is 0 Å². The molecule has 0 saturated carbocycles. The molecule has 2 saturated heterocycles. The second kappa shape index (κ2) is 3.99. The van der Waals surface area contributed by atoms with Crippen LogP contribution in [0.5, 0.6) is 0 Å². The van der Waals surface area contributed by atoms with Gasteiger partial charge in [0, 0.05) is 25.2 Å². The minimum absolute atomic E-state index is 0.892. The van der Waals surface area contributed by atoms with Gasteiger partial charge in [-0.2, -0.15) is 0 Å². The Labute approximate surface area is 84.9 Å². The van der Waals surface area contributed by atoms with Crippen LogP contribution in [0, 0.1) is 11.8 Å². The molecule has 1 N–H and O–H groups in total. The number of halogens is 1. The third-order valence-electron chi connectivity index (χ3n) is 3.12. The molecule has 2 atom stereocenters. The predicted octanol–water partition coefficient (Wildman–Crippen LogP) is 1.28. The molecule has 0 unspecified atom stereocenters. The zero-order chi connectivity index (χ0) is 9.26. The maximum absolute atomic E-state index is 5.65. The lowest BCUT2D eigenvalue weighted by atomic mass is 10.0. The summed E-state index contributed by atoms with van der Waals surface area (Å²) in [7, 11) is 0. The van der Waals surface area contributed by atoms with Crippen molar-refractivity contribution in [3.05, 3.63) is 11.1 Å². The molecule has 0 radical (unpaired) electrons. The fourth-order valence-corrected chi connectivity index (χ4v) is 2.54. The molecule has 0 amide bonds. The first-order chi connectivity index (χ1) is 6.29. The molecule has 2 aliphatic heterocycles. The van der Waals surface area contributed by atoms with Crippen LogP contribution in [-0.2, 0) is 0 Å². The summed E-state index contributed by atoms with van der Waals surface area (Å²) in [6.07, 6.45) is 0. The van der Waals surface area contributed by atoms with E-state index in [-0.39, 0.29) is 0 Å². The molecule has 0 spiro atoms. The number of nitrogens with zero attached hydrogens (tertiary/aromatic N) is 1. The number of hydrogen-bond acceptors (Lipinski definition) is 2. The van der Waals surface area contributed by atoms with Gasteiger partial charge in [0.15, 0.2) is 0 Å². The molecule has 13 heavy (non-hydrogen) atoms. The molecule has 2 heterocycles. The van der Waals surface area contributed by atoms with Crippen molar-refractivity contribution >= 4 is 11.6 Å². The summed E-state index contributed by atoms with van der Waals surface area (Å²) in [5.74, 6) is 1.78. The van der Waals surface area contributed by atoms with Crippen molar-refractivity contribution in [3.63, 3.8) is 0 Å². The highest BCUT2D eigenvalue weighted by atomic mass is 35.5. The summed E-state index contributed by atoms with van der Waals surface area (Å²) in [5, 5.41) is 3.44. The molecule has 0 aromatic heterocycles. The van der Waals surface area contributed by atoms with Gasteiger partial charge in [0.2, 0.25) is 0 Å². The van der Waals surface area contributed by atoms with Crippen LogP contribution in [-0.4, -0.2) is 37.6 Å². The maximum Gasteiger partial charge on any atom is 0.0202 e. The lowest BCUT2D eigenvalue weighted by Gasteiger charge is -2.16. The van der Waals surface area contributed by atoms with Gasteiger partial charge in [-0.1, -0.05) is 11.6 Å². The first-order valence-corrected chi connectivity index (χ1v) is 5.42. The van der Waals surface area contributed by atoms with E-state index in [1.165, 1.54) is 31.8 Å². The zero-order valence-corrected chi connectivity index (χ0v) is 8.85. The van der Waals surface area contributed by atoms with Crippen molar-refractivity contribution in [1.82, 2.24) is 10.2 Å². The van der Waals surface area contributed by atoms with Gasteiger partial charge in [0.25, 0.3) is 0 Å². The van der Waals surface area contributed by atoms with E-state index in [1.807, 2.05) is 0 Å². The highest BCUT2D eigenvalue weighted by molar-refractivity contribution is 6.25. The van der Waals surface area contributed by atoms with E-state index in [0.29, 0.717) is 0 Å². The Morgan fingerprint density at radius 2 is 2.08 bits per heavy atom. The summed E-state index contributed by atoms with van der Waals surface area (Å²) < 4.78 is 0. The van der Waals surface area contributed by atoms with Gasteiger partial charge in [0.05, 0.1) is 0 Å². The monoisotopic (exact) mass is 200 g/mol. The van der Waals surface area contributed by atoms with E-state index in [0.717, 1.165) is 18.4 Å². The Hall–Kier alpha value is -0.0500. The molecule has 74 valence electrons. The SMILES string of the molecule is CC(=CCl)CN1C[C@H]2CNC[C@H]2C1. The van der Waals surface area contributed by atoms with Crippen molar-refractivity contribution < 1.29 is 0 Å². The Balaban J connectivity index is 1.85. The number of nitrogens with one attached hydrogen (secondary N) is 1. The van der Waals surface area contributed by atoms with Gasteiger partial charge in [0.1, 0.15) is 0 Å². The molecule has 2 nitrogen and oxygen atoms in total. The normalized spacial score (nSPS) is 35.4. The highest BCUT2D eigenvalue weighted by Crippen LogP contribution is 2.26. The van der Waals surface area contributed by atoms with Crippen LogP contribution in [0.2, 0.25) is 0 Å². The summed E-state index contributed by atoms with van der Waals surface area (Å²) in [5.41, 5.74) is 2.97. The van der Waals surface area contributed by atoms with E-state index < -0.39 is 0 Å². The highest BCUT2D eigenvalue weighted by Gasteiger charge is 2.35. The van der Waals surface area contributed by atoms with Gasteiger partial charge in [-0.05, 0) is 37.4 Å². The summed E-state index contributed by atoms with van der Waals surface area (Å²) in [6, 6.07) is 0. The largest absolute Gasteiger partial charge is 0.316 e. The van der Waals surface area contributed by atoms with Crippen molar-refractivity contribution in [1.29, 1.82) is 0 Å². The lowest BCUT2D eigenvalue weighted by Crippen LogP contribution is -2.27. The van der Waals surface area contributed by atoms with Crippen LogP contribution in [0.15, 0.2) is 11.1 Å². The summed E-state index contributed by atoms with van der Waals surface area (Å²) in [6.45, 7) is 8.07. The minimum atomic E-state index is 0.892. The van der Waals surface area contributed by atoms with Gasteiger partial charge in [-0.3, -0.25) is 4.90 Å². The average molecular weight is 201 g/mol. The second-order valence-corrected chi connectivity index (χ2v) is 4.55. The minimum Gasteiger partial charge on any atom is -0.316 e. The first kappa shape index (κ1) is 9.50. The van der Waals surface area contributed by atoms with Crippen molar-refractivity contribution in [2.45, 2.75) is 6.92 Å². The van der Waals surface area contributed by atoms with E-state index in [2.05, 4.69) is 17.1 Å². The maximum atomic E-state index is 5.65. The predicted molar refractivity (Wildman–Crippen MR) is 55.9 cm³/mol. The number of likely N-dealkylation sites (tertiary alicyclic amines) is 1. The molecular formula is C10H17ClN2. The molecule has 2 fully saturated rings. The lowest BCUT2D eigenvalue weighted by molar-refractivity contribution is 0.339. The third-order valence-corrected chi connectivity index (χ3v) is 3.50. The van der Waals surface area contributed by atoms with Crippen LogP contribution in [0.25, 0.3) is 0 Å². The Bertz CT molecular complexity index is 203. The number of rotatable bonds is 2. The fraction of sp³-hybridized carbons (Fsp3) is 0.800. The van der Waals surface area contributed by atoms with E-state index in [1.54, 1.807) is 5.54 Å². The Morgan fingerprint density at radius 3 is 2.62 bits per heavy atom. The van der Waals surface area contributed by atoms with Gasteiger partial charge < -0.3 is 5.32 Å². The standard InChI is InChI=1S/C10H17ClN2/c1-8(2-11)5-13-6-9-3-12-4-10(9)7-13/h2,9-10,12H,3-7H2,1H3/t9-,10+. The molecule has 0 aromatic carbocycles. The van der Waals surface area contributed by atoms with Gasteiger partial charge in [-0.15, -0.1) is 0 Å². The summed E-state index contributed by atoms with van der Waals surface area (Å²) in [4.78, 5) is 2.52. The average Bonchev–Trinajstić information content (AvgIpc) is 2.63. The van der Waals surface area contributed by atoms with Crippen molar-refractivity contribution in [2.24, 2.45) is 11.8 Å². The van der Waals surface area contributed by atoms with Crippen LogP contribution in [0.1, 0.15) is 6.92 Å². The first-order valence-electron chi connectivity index (χ1n) is 4.98. The summed E-state index contributed by atoms with van der Waals surface area (Å²) >= 11 is 5.65. The molecule has 3 heteroatoms. The fourth-order valence-electron chi connectivity index (χ4n) is 2.47. The van der Waals surface area contributed by atoms with Crippen LogP contribution in [0.4, 0.5) is 0 Å². The van der Waals surface area contributed by atoms with Crippen molar-refractivity contribution in [2.75, 3.05) is 32.7 Å². The molecule has 2 aliphatic rings. The second-order valence-electron chi connectivity index (χ2n) is 4.33. The smallest absolute Gasteiger partial charge is 0.0202 e. The zero-order valence-electron chi connectivity index (χ0n) is 8.09. The van der Waals surface area contributed by atoms with E-state index >= 15 is 0 Å². The van der Waals surface area contributed by atoms with Crippen molar-refractivity contribution in [3.8, 4) is 0 Å². The quantitative estimate of drug-likeness (QED) is 0.723. The van der Waals surface area contributed by atoms with E-state index in [4.69, 9.17) is 11.6 Å². The van der Waals surface area contributed by atoms with Crippen LogP contribution < -0.4 is 5.32 Å². The molecular weight excluding hydrogens is 184 g/mol. The van der Waals surface area contributed by atoms with Crippen LogP contribution in [0.3, 0.4) is 0 Å². The molecule has 0 bridgehead atoms. The number of hydrogen-bond donors (Lipinski definition) is 1. The van der Waals surface area contributed by atoms with Crippen LogP contribution >= 0.6 is 11.6 Å². The topological polar surface area (TPSA) is 15.3 Å². The molecule has 0 aliphatic carbocycles. The third kappa shape index (κ3) is 2.06. The Morgan fingerprint density at radius 1 is 1.46 bits per heavy atom.